The molecule has 0 aliphatic rings. The lowest BCUT2D eigenvalue weighted by atomic mass is 10.1. The minimum Gasteiger partial charge on any atom is -0.480 e. The summed E-state index contributed by atoms with van der Waals surface area (Å²) in [5.41, 5.74) is 1.09. The quantitative estimate of drug-likeness (QED) is 0.867. The Kier molecular flexibility index (Phi) is 3.50. The number of fused-ring (bicyclic) bond motifs is 1. The highest BCUT2D eigenvalue weighted by Gasteiger charge is 2.19. The van der Waals surface area contributed by atoms with E-state index in [1.165, 1.54) is 12.3 Å². The van der Waals surface area contributed by atoms with Gasteiger partial charge in [0.15, 0.2) is 0 Å². The van der Waals surface area contributed by atoms with Crippen LogP contribution in [0.4, 0.5) is 0 Å². The van der Waals surface area contributed by atoms with Gasteiger partial charge in [0.1, 0.15) is 11.4 Å². The number of nitrogens with one attached hydrogen (secondary N) is 1. The summed E-state index contributed by atoms with van der Waals surface area (Å²) in [6.45, 7) is 1.10. The first-order valence-corrected chi connectivity index (χ1v) is 6.95. The zero-order chi connectivity index (χ0) is 14.0. The molecule has 0 atom stereocenters. The van der Waals surface area contributed by atoms with Crippen LogP contribution in [0.2, 0.25) is 0 Å². The normalized spacial score (nSPS) is 11.6. The van der Waals surface area contributed by atoms with Gasteiger partial charge in [-0.15, -0.1) is 0 Å². The number of aryl methyl sites for hydroxylation is 1. The van der Waals surface area contributed by atoms with Gasteiger partial charge < -0.3 is 5.11 Å². The highest BCUT2D eigenvalue weighted by molar-refractivity contribution is 7.89. The number of hydrogen-bond donors (Lipinski definition) is 2. The molecule has 1 aromatic heterocycles. The van der Waals surface area contributed by atoms with Crippen molar-refractivity contribution in [2.24, 2.45) is 0 Å². The van der Waals surface area contributed by atoms with Crippen molar-refractivity contribution in [1.29, 1.82) is 0 Å². The Hall–Kier alpha value is -1.99. The van der Waals surface area contributed by atoms with Crippen molar-refractivity contribution in [3.05, 3.63) is 36.0 Å². The molecule has 2 aromatic rings. The fraction of sp³-hybridized carbons (Fsp3) is 0.167. The van der Waals surface area contributed by atoms with E-state index in [0.29, 0.717) is 10.9 Å². The molecule has 2 rings (SSSR count). The van der Waals surface area contributed by atoms with Gasteiger partial charge in [0, 0.05) is 11.6 Å². The topological polar surface area (TPSA) is 96.4 Å². The van der Waals surface area contributed by atoms with E-state index in [1.54, 1.807) is 19.1 Å². The van der Waals surface area contributed by atoms with Crippen molar-refractivity contribution >= 4 is 26.9 Å². The van der Waals surface area contributed by atoms with Crippen molar-refractivity contribution in [2.75, 3.05) is 6.54 Å². The molecule has 0 unspecified atom stereocenters. The van der Waals surface area contributed by atoms with Gasteiger partial charge in [-0.3, -0.25) is 9.78 Å². The highest BCUT2D eigenvalue weighted by Crippen LogP contribution is 2.22. The molecule has 0 saturated heterocycles. The fourth-order valence-corrected chi connectivity index (χ4v) is 2.98. The van der Waals surface area contributed by atoms with E-state index >= 15 is 0 Å². The van der Waals surface area contributed by atoms with Crippen molar-refractivity contribution in [1.82, 2.24) is 9.71 Å². The van der Waals surface area contributed by atoms with E-state index in [2.05, 4.69) is 4.98 Å². The van der Waals surface area contributed by atoms with Crippen molar-refractivity contribution < 1.29 is 18.3 Å². The second kappa shape index (κ2) is 4.94. The molecule has 0 radical (unpaired) electrons. The number of aromatic nitrogens is 1. The molecule has 0 saturated carbocycles. The molecule has 0 amide bonds. The maximum Gasteiger partial charge on any atom is 0.318 e. The summed E-state index contributed by atoms with van der Waals surface area (Å²) in [5, 5.41) is 9.24. The Labute approximate surface area is 110 Å². The number of pyridine rings is 1. The predicted octanol–water partition coefficient (Wildman–Crippen LogP) is 0.906. The van der Waals surface area contributed by atoms with Gasteiger partial charge in [0.25, 0.3) is 0 Å². The third kappa shape index (κ3) is 2.88. The van der Waals surface area contributed by atoms with Crippen LogP contribution in [0.25, 0.3) is 10.9 Å². The predicted molar refractivity (Wildman–Crippen MR) is 69.3 cm³/mol. The zero-order valence-electron chi connectivity index (χ0n) is 10.1. The molecule has 1 heterocycles. The molecular formula is C12H12N2O4S. The molecule has 19 heavy (non-hydrogen) atoms. The molecule has 0 fully saturated rings. The first-order valence-electron chi connectivity index (χ1n) is 5.47. The summed E-state index contributed by atoms with van der Waals surface area (Å²) >= 11 is 0. The Morgan fingerprint density at radius 3 is 2.84 bits per heavy atom. The summed E-state index contributed by atoms with van der Waals surface area (Å²) < 4.78 is 26.2. The van der Waals surface area contributed by atoms with E-state index in [1.807, 2.05) is 10.8 Å². The Morgan fingerprint density at radius 2 is 2.16 bits per heavy atom. The molecule has 2 N–H and O–H groups in total. The molecule has 0 bridgehead atoms. The highest BCUT2D eigenvalue weighted by atomic mass is 32.2. The number of aliphatic carboxylic acids is 1. The number of carbonyl (C=O) groups is 1. The summed E-state index contributed by atoms with van der Waals surface area (Å²) in [4.78, 5) is 14.5. The number of sulfonamides is 1. The van der Waals surface area contributed by atoms with Crippen LogP contribution in [0.1, 0.15) is 5.56 Å². The van der Waals surface area contributed by atoms with Crippen LogP contribution in [0.15, 0.2) is 35.4 Å². The second-order valence-electron chi connectivity index (χ2n) is 4.06. The Morgan fingerprint density at radius 1 is 1.42 bits per heavy atom. The molecule has 0 spiro atoms. The standard InChI is InChI=1S/C12H12N2O4S/c1-8-5-9-3-2-4-13-12(9)10(6-8)19(17,18)14-7-11(15)16/h2-6,14H,7H2,1H3,(H,15,16). The molecule has 100 valence electrons. The molecule has 1 aromatic carbocycles. The van der Waals surface area contributed by atoms with E-state index in [-0.39, 0.29) is 4.90 Å². The number of carboxylic acids is 1. The van der Waals surface area contributed by atoms with Crippen LogP contribution in [0.3, 0.4) is 0 Å². The van der Waals surface area contributed by atoms with E-state index in [0.717, 1.165) is 5.56 Å². The maximum absolute atomic E-state index is 12.1. The number of carboxylic acid groups (broad SMARTS) is 1. The van der Waals surface area contributed by atoms with Gasteiger partial charge in [0.05, 0.1) is 5.52 Å². The summed E-state index contributed by atoms with van der Waals surface area (Å²) in [5.74, 6) is -1.24. The van der Waals surface area contributed by atoms with Crippen molar-refractivity contribution in [2.45, 2.75) is 11.8 Å². The molecule has 6 nitrogen and oxygen atoms in total. The van der Waals surface area contributed by atoms with Crippen molar-refractivity contribution in [3.8, 4) is 0 Å². The van der Waals surface area contributed by atoms with Crippen LogP contribution in [0, 0.1) is 6.92 Å². The third-order valence-electron chi connectivity index (χ3n) is 2.52. The van der Waals surface area contributed by atoms with Gasteiger partial charge >= 0.3 is 5.97 Å². The average molecular weight is 280 g/mol. The van der Waals surface area contributed by atoms with Crippen LogP contribution in [-0.2, 0) is 14.8 Å². The van der Waals surface area contributed by atoms with Crippen molar-refractivity contribution in [3.63, 3.8) is 0 Å². The van der Waals surface area contributed by atoms with E-state index in [4.69, 9.17) is 5.11 Å². The average Bonchev–Trinajstić information content (AvgIpc) is 2.35. The maximum atomic E-state index is 12.1. The molecule has 0 aliphatic carbocycles. The lowest BCUT2D eigenvalue weighted by Gasteiger charge is -2.08. The fourth-order valence-electron chi connectivity index (χ4n) is 1.74. The van der Waals surface area contributed by atoms with Gasteiger partial charge in [-0.2, -0.15) is 4.72 Å². The van der Waals surface area contributed by atoms with Crippen LogP contribution >= 0.6 is 0 Å². The van der Waals surface area contributed by atoms with Gasteiger partial charge in [0.2, 0.25) is 10.0 Å². The minimum absolute atomic E-state index is 0.00986. The number of rotatable bonds is 4. The van der Waals surface area contributed by atoms with E-state index in [9.17, 15) is 13.2 Å². The monoisotopic (exact) mass is 280 g/mol. The minimum atomic E-state index is -3.90. The van der Waals surface area contributed by atoms with Gasteiger partial charge in [-0.05, 0) is 30.7 Å². The number of nitrogens with zero attached hydrogens (tertiary/aromatic N) is 1. The smallest absolute Gasteiger partial charge is 0.318 e. The van der Waals surface area contributed by atoms with Crippen LogP contribution in [0.5, 0.6) is 0 Å². The molecule has 0 aliphatic heterocycles. The van der Waals surface area contributed by atoms with Gasteiger partial charge in [-0.1, -0.05) is 6.07 Å². The first kappa shape index (κ1) is 13.4. The largest absolute Gasteiger partial charge is 0.480 e. The lowest BCUT2D eigenvalue weighted by molar-refractivity contribution is -0.135. The number of hydrogen-bond acceptors (Lipinski definition) is 4. The Balaban J connectivity index is 2.58. The summed E-state index contributed by atoms with van der Waals surface area (Å²) in [6.07, 6.45) is 1.49. The van der Waals surface area contributed by atoms with Gasteiger partial charge in [-0.25, -0.2) is 8.42 Å². The zero-order valence-corrected chi connectivity index (χ0v) is 10.9. The lowest BCUT2D eigenvalue weighted by Crippen LogP contribution is -2.29. The molecule has 7 heteroatoms. The first-order chi connectivity index (χ1) is 8.90. The third-order valence-corrected chi connectivity index (χ3v) is 3.93. The van der Waals surface area contributed by atoms with Crippen LogP contribution < -0.4 is 4.72 Å². The Bertz CT molecular complexity index is 740. The number of benzene rings is 1. The second-order valence-corrected chi connectivity index (χ2v) is 5.79. The summed E-state index contributed by atoms with van der Waals surface area (Å²) in [6, 6.07) is 6.76. The molecular weight excluding hydrogens is 268 g/mol. The summed E-state index contributed by atoms with van der Waals surface area (Å²) in [7, 11) is -3.90. The van der Waals surface area contributed by atoms with Crippen LogP contribution in [-0.4, -0.2) is 31.0 Å². The van der Waals surface area contributed by atoms with E-state index < -0.39 is 22.5 Å². The SMILES string of the molecule is Cc1cc(S(=O)(=O)NCC(=O)O)c2ncccc2c1.